The summed E-state index contributed by atoms with van der Waals surface area (Å²) in [7, 11) is 1.63. The molecule has 0 spiro atoms. The third-order valence-corrected chi connectivity index (χ3v) is 5.18. The predicted octanol–water partition coefficient (Wildman–Crippen LogP) is 2.05. The highest BCUT2D eigenvalue weighted by molar-refractivity contribution is 7.13. The number of hydrogen-bond donors (Lipinski definition) is 2. The molecule has 1 aliphatic rings. The number of carbonyl (C=O) groups excluding carboxylic acids is 1. The van der Waals surface area contributed by atoms with Gasteiger partial charge in [0.25, 0.3) is 5.91 Å². The Balaban J connectivity index is 1.96. The van der Waals surface area contributed by atoms with Crippen LogP contribution in [-0.2, 0) is 4.74 Å². The van der Waals surface area contributed by atoms with Gasteiger partial charge in [0, 0.05) is 19.6 Å². The topological polar surface area (TPSA) is 71.5 Å². The molecule has 112 valence electrons. The lowest BCUT2D eigenvalue weighted by Gasteiger charge is -2.14. The Kier molecular flexibility index (Phi) is 5.12. The SMILES string of the molecule is COC(C)c1nc(C)c(C(=O)NCC2CCCC2O)s1. The quantitative estimate of drug-likeness (QED) is 0.873. The van der Waals surface area contributed by atoms with Crippen molar-refractivity contribution in [2.45, 2.75) is 45.3 Å². The average Bonchev–Trinajstić information content (AvgIpc) is 3.01. The molecule has 0 radical (unpaired) electrons. The van der Waals surface area contributed by atoms with E-state index >= 15 is 0 Å². The zero-order valence-electron chi connectivity index (χ0n) is 12.2. The second-order valence-corrected chi connectivity index (χ2v) is 6.34. The lowest BCUT2D eigenvalue weighted by molar-refractivity contribution is 0.0920. The summed E-state index contributed by atoms with van der Waals surface area (Å²) in [5.41, 5.74) is 0.735. The molecule has 1 saturated carbocycles. The Morgan fingerprint density at radius 3 is 2.95 bits per heavy atom. The smallest absolute Gasteiger partial charge is 0.263 e. The molecule has 1 amide bonds. The van der Waals surface area contributed by atoms with Gasteiger partial charge in [0.2, 0.25) is 0 Å². The molecule has 1 heterocycles. The van der Waals surface area contributed by atoms with E-state index in [1.807, 2.05) is 13.8 Å². The summed E-state index contributed by atoms with van der Waals surface area (Å²) in [6.45, 7) is 4.28. The Morgan fingerprint density at radius 2 is 2.35 bits per heavy atom. The standard InChI is InChI=1S/C14H22N2O3S/c1-8-12(20-14(16-8)9(2)19-3)13(18)15-7-10-5-4-6-11(10)17/h9-11,17H,4-7H2,1-3H3,(H,15,18). The van der Waals surface area contributed by atoms with Crippen molar-refractivity contribution in [3.05, 3.63) is 15.6 Å². The van der Waals surface area contributed by atoms with Gasteiger partial charge in [0.15, 0.2) is 0 Å². The molecule has 0 bridgehead atoms. The van der Waals surface area contributed by atoms with Crippen LogP contribution in [-0.4, -0.2) is 35.8 Å². The maximum atomic E-state index is 12.2. The van der Waals surface area contributed by atoms with Gasteiger partial charge >= 0.3 is 0 Å². The van der Waals surface area contributed by atoms with Crippen molar-refractivity contribution in [3.8, 4) is 0 Å². The molecule has 0 saturated heterocycles. The zero-order chi connectivity index (χ0) is 14.7. The Bertz CT molecular complexity index is 475. The largest absolute Gasteiger partial charge is 0.393 e. The van der Waals surface area contributed by atoms with Crippen molar-refractivity contribution >= 4 is 17.2 Å². The number of aliphatic hydroxyl groups excluding tert-OH is 1. The summed E-state index contributed by atoms with van der Waals surface area (Å²) in [6.07, 6.45) is 2.49. The summed E-state index contributed by atoms with van der Waals surface area (Å²) in [5, 5.41) is 13.5. The van der Waals surface area contributed by atoms with E-state index in [1.165, 1.54) is 11.3 Å². The number of rotatable bonds is 5. The van der Waals surface area contributed by atoms with Crippen molar-refractivity contribution in [2.24, 2.45) is 5.92 Å². The van der Waals surface area contributed by atoms with Crippen LogP contribution in [0.1, 0.15) is 52.7 Å². The molecule has 5 nitrogen and oxygen atoms in total. The number of carbonyl (C=O) groups is 1. The average molecular weight is 298 g/mol. The highest BCUT2D eigenvalue weighted by Gasteiger charge is 2.26. The summed E-state index contributed by atoms with van der Waals surface area (Å²) < 4.78 is 5.22. The molecule has 1 aliphatic carbocycles. The van der Waals surface area contributed by atoms with E-state index < -0.39 is 0 Å². The fourth-order valence-electron chi connectivity index (χ4n) is 2.46. The fraction of sp³-hybridized carbons (Fsp3) is 0.714. The van der Waals surface area contributed by atoms with Gasteiger partial charge in [0.05, 0.1) is 11.8 Å². The van der Waals surface area contributed by atoms with Gasteiger partial charge in [-0.15, -0.1) is 11.3 Å². The van der Waals surface area contributed by atoms with Crippen LogP contribution in [0.25, 0.3) is 0 Å². The van der Waals surface area contributed by atoms with Gasteiger partial charge in [-0.05, 0) is 26.7 Å². The van der Waals surface area contributed by atoms with Crippen molar-refractivity contribution in [2.75, 3.05) is 13.7 Å². The second kappa shape index (κ2) is 6.65. The molecule has 3 unspecified atom stereocenters. The summed E-state index contributed by atoms with van der Waals surface area (Å²) in [4.78, 5) is 17.2. The van der Waals surface area contributed by atoms with E-state index in [0.29, 0.717) is 11.4 Å². The van der Waals surface area contributed by atoms with Crippen molar-refractivity contribution in [1.29, 1.82) is 0 Å². The minimum Gasteiger partial charge on any atom is -0.393 e. The maximum absolute atomic E-state index is 12.2. The number of nitrogens with one attached hydrogen (secondary N) is 1. The van der Waals surface area contributed by atoms with Gasteiger partial charge in [0.1, 0.15) is 16.0 Å². The minimum atomic E-state index is -0.276. The van der Waals surface area contributed by atoms with Crippen LogP contribution in [0.15, 0.2) is 0 Å². The Hall–Kier alpha value is -0.980. The van der Waals surface area contributed by atoms with E-state index in [0.717, 1.165) is 30.0 Å². The van der Waals surface area contributed by atoms with Crippen LogP contribution >= 0.6 is 11.3 Å². The first-order valence-electron chi connectivity index (χ1n) is 6.99. The lowest BCUT2D eigenvalue weighted by Crippen LogP contribution is -2.32. The van der Waals surface area contributed by atoms with Gasteiger partial charge in [-0.2, -0.15) is 0 Å². The highest BCUT2D eigenvalue weighted by atomic mass is 32.1. The van der Waals surface area contributed by atoms with E-state index in [9.17, 15) is 9.90 Å². The molecule has 3 atom stereocenters. The zero-order valence-corrected chi connectivity index (χ0v) is 13.0. The number of aliphatic hydroxyl groups is 1. The molecule has 0 aliphatic heterocycles. The molecule has 6 heteroatoms. The monoisotopic (exact) mass is 298 g/mol. The number of aromatic nitrogens is 1. The van der Waals surface area contributed by atoms with Crippen molar-refractivity contribution in [3.63, 3.8) is 0 Å². The molecule has 1 fully saturated rings. The van der Waals surface area contributed by atoms with Crippen molar-refractivity contribution < 1.29 is 14.6 Å². The Morgan fingerprint density at radius 1 is 1.60 bits per heavy atom. The van der Waals surface area contributed by atoms with Gasteiger partial charge in [-0.25, -0.2) is 4.98 Å². The minimum absolute atomic E-state index is 0.100. The fourth-order valence-corrected chi connectivity index (χ4v) is 3.47. The van der Waals surface area contributed by atoms with Crippen LogP contribution in [0.4, 0.5) is 0 Å². The number of methoxy groups -OCH3 is 1. The first kappa shape index (κ1) is 15.4. The van der Waals surface area contributed by atoms with Crippen molar-refractivity contribution in [1.82, 2.24) is 10.3 Å². The first-order chi connectivity index (χ1) is 9.52. The van der Waals surface area contributed by atoms with Gasteiger partial charge in [-0.1, -0.05) is 6.42 Å². The number of hydrogen-bond acceptors (Lipinski definition) is 5. The van der Waals surface area contributed by atoms with Crippen LogP contribution in [0.3, 0.4) is 0 Å². The molecule has 2 N–H and O–H groups in total. The third-order valence-electron chi connectivity index (χ3n) is 3.86. The van der Waals surface area contributed by atoms with Crippen LogP contribution in [0, 0.1) is 12.8 Å². The van der Waals surface area contributed by atoms with Crippen LogP contribution < -0.4 is 5.32 Å². The molecule has 20 heavy (non-hydrogen) atoms. The number of nitrogens with zero attached hydrogens (tertiary/aromatic N) is 1. The van der Waals surface area contributed by atoms with E-state index in [-0.39, 0.29) is 24.0 Å². The molecule has 0 aromatic carbocycles. The van der Waals surface area contributed by atoms with E-state index in [4.69, 9.17) is 4.74 Å². The summed E-state index contributed by atoms with van der Waals surface area (Å²) >= 11 is 1.37. The van der Waals surface area contributed by atoms with Gasteiger partial charge < -0.3 is 15.2 Å². The first-order valence-corrected chi connectivity index (χ1v) is 7.81. The lowest BCUT2D eigenvalue weighted by atomic mass is 10.1. The summed E-state index contributed by atoms with van der Waals surface area (Å²) in [6, 6.07) is 0. The van der Waals surface area contributed by atoms with Crippen LogP contribution in [0.2, 0.25) is 0 Å². The number of thiazole rings is 1. The normalized spacial score (nSPS) is 23.8. The molecule has 2 rings (SSSR count). The number of aryl methyl sites for hydroxylation is 1. The third kappa shape index (κ3) is 3.37. The maximum Gasteiger partial charge on any atom is 0.263 e. The van der Waals surface area contributed by atoms with E-state index in [2.05, 4.69) is 10.3 Å². The number of ether oxygens (including phenoxy) is 1. The highest BCUT2D eigenvalue weighted by Crippen LogP contribution is 2.27. The Labute approximate surface area is 123 Å². The van der Waals surface area contributed by atoms with E-state index in [1.54, 1.807) is 7.11 Å². The molecular weight excluding hydrogens is 276 g/mol. The summed E-state index contributed by atoms with van der Waals surface area (Å²) in [5.74, 6) is 0.0817. The van der Waals surface area contributed by atoms with Gasteiger partial charge in [-0.3, -0.25) is 4.79 Å². The molecular formula is C14H22N2O3S. The predicted molar refractivity (Wildman–Crippen MR) is 78.0 cm³/mol. The number of amides is 1. The van der Waals surface area contributed by atoms with Crippen LogP contribution in [0.5, 0.6) is 0 Å². The second-order valence-electron chi connectivity index (χ2n) is 5.31. The molecule has 1 aromatic heterocycles. The molecule has 1 aromatic rings.